The molecule has 1 aliphatic carbocycles. The standard InChI is InChI=1S/C10H9BrO2/c11-9-7-4-2-1-3-6(7)5-8(9)10(12)13/h1-4,8-9H,5H2,(H,12,13). The molecule has 0 aliphatic heterocycles. The number of carboxylic acid groups (broad SMARTS) is 1. The van der Waals surface area contributed by atoms with Gasteiger partial charge in [-0.05, 0) is 17.5 Å². The van der Waals surface area contributed by atoms with Crippen LogP contribution in [0.1, 0.15) is 16.0 Å². The molecular formula is C10H9BrO2. The zero-order valence-electron chi connectivity index (χ0n) is 6.90. The number of aliphatic carboxylic acids is 1. The Bertz CT molecular complexity index is 349. The fourth-order valence-electron chi connectivity index (χ4n) is 1.76. The van der Waals surface area contributed by atoms with Gasteiger partial charge in [0.25, 0.3) is 0 Å². The summed E-state index contributed by atoms with van der Waals surface area (Å²) in [5.74, 6) is -1.03. The molecule has 0 heterocycles. The first-order valence-corrected chi connectivity index (χ1v) is 5.06. The van der Waals surface area contributed by atoms with E-state index < -0.39 is 5.97 Å². The number of carboxylic acids is 1. The summed E-state index contributed by atoms with van der Waals surface area (Å²) in [6.45, 7) is 0. The second-order valence-electron chi connectivity index (χ2n) is 3.25. The molecule has 2 rings (SSSR count). The minimum Gasteiger partial charge on any atom is -0.481 e. The predicted molar refractivity (Wildman–Crippen MR) is 52.9 cm³/mol. The maximum Gasteiger partial charge on any atom is 0.308 e. The lowest BCUT2D eigenvalue weighted by Crippen LogP contribution is -2.14. The van der Waals surface area contributed by atoms with Gasteiger partial charge in [-0.2, -0.15) is 0 Å². The molecule has 2 atom stereocenters. The van der Waals surface area contributed by atoms with Gasteiger partial charge in [0.05, 0.1) is 10.7 Å². The molecule has 0 spiro atoms. The maximum atomic E-state index is 10.9. The summed E-state index contributed by atoms with van der Waals surface area (Å²) in [7, 11) is 0. The van der Waals surface area contributed by atoms with Crippen molar-refractivity contribution in [3.05, 3.63) is 35.4 Å². The topological polar surface area (TPSA) is 37.3 Å². The summed E-state index contributed by atoms with van der Waals surface area (Å²) in [5, 5.41) is 8.93. The number of hydrogen-bond acceptors (Lipinski definition) is 1. The Hall–Kier alpha value is -0.830. The SMILES string of the molecule is O=C(O)C1Cc2ccccc2C1Br. The fraction of sp³-hybridized carbons (Fsp3) is 0.300. The van der Waals surface area contributed by atoms with Crippen LogP contribution in [-0.2, 0) is 11.2 Å². The third kappa shape index (κ3) is 1.37. The molecule has 3 heteroatoms. The molecule has 1 aliphatic rings. The molecule has 0 bridgehead atoms. The molecular weight excluding hydrogens is 232 g/mol. The van der Waals surface area contributed by atoms with E-state index in [0.717, 1.165) is 11.1 Å². The van der Waals surface area contributed by atoms with E-state index in [1.165, 1.54) is 0 Å². The first kappa shape index (κ1) is 8.75. The normalized spacial score (nSPS) is 25.6. The minimum atomic E-state index is -0.724. The lowest BCUT2D eigenvalue weighted by molar-refractivity contribution is -0.141. The zero-order valence-corrected chi connectivity index (χ0v) is 8.49. The first-order valence-electron chi connectivity index (χ1n) is 4.15. The highest BCUT2D eigenvalue weighted by Crippen LogP contribution is 2.41. The molecule has 0 saturated heterocycles. The van der Waals surface area contributed by atoms with Crippen molar-refractivity contribution in [3.8, 4) is 0 Å². The largest absolute Gasteiger partial charge is 0.481 e. The Morgan fingerprint density at radius 3 is 2.77 bits per heavy atom. The zero-order chi connectivity index (χ0) is 9.42. The third-order valence-corrected chi connectivity index (χ3v) is 3.59. The van der Waals surface area contributed by atoms with E-state index in [2.05, 4.69) is 15.9 Å². The van der Waals surface area contributed by atoms with Gasteiger partial charge in [-0.3, -0.25) is 4.79 Å². The molecule has 68 valence electrons. The molecule has 0 amide bonds. The quantitative estimate of drug-likeness (QED) is 0.766. The number of alkyl halides is 1. The molecule has 0 radical (unpaired) electrons. The van der Waals surface area contributed by atoms with Crippen LogP contribution in [0.5, 0.6) is 0 Å². The second kappa shape index (κ2) is 3.14. The number of fused-ring (bicyclic) bond motifs is 1. The van der Waals surface area contributed by atoms with Crippen LogP contribution in [0.15, 0.2) is 24.3 Å². The highest BCUT2D eigenvalue weighted by Gasteiger charge is 2.34. The number of halogens is 1. The summed E-state index contributed by atoms with van der Waals surface area (Å²) in [5.41, 5.74) is 2.27. The Labute approximate surface area is 84.7 Å². The van der Waals surface area contributed by atoms with E-state index >= 15 is 0 Å². The number of benzene rings is 1. The number of hydrogen-bond donors (Lipinski definition) is 1. The molecule has 0 saturated carbocycles. The number of carbonyl (C=O) groups is 1. The van der Waals surface area contributed by atoms with E-state index in [9.17, 15) is 4.79 Å². The van der Waals surface area contributed by atoms with Crippen LogP contribution < -0.4 is 0 Å². The molecule has 1 aromatic rings. The van der Waals surface area contributed by atoms with Crippen LogP contribution in [0.3, 0.4) is 0 Å². The minimum absolute atomic E-state index is 0.0267. The van der Waals surface area contributed by atoms with Crippen molar-refractivity contribution in [3.63, 3.8) is 0 Å². The van der Waals surface area contributed by atoms with Crippen molar-refractivity contribution >= 4 is 21.9 Å². The van der Waals surface area contributed by atoms with Crippen molar-refractivity contribution in [1.29, 1.82) is 0 Å². The summed E-state index contributed by atoms with van der Waals surface area (Å²) in [6, 6.07) is 7.87. The van der Waals surface area contributed by atoms with Crippen molar-refractivity contribution < 1.29 is 9.90 Å². The maximum absolute atomic E-state index is 10.9. The average molecular weight is 241 g/mol. The Morgan fingerprint density at radius 1 is 1.46 bits per heavy atom. The van der Waals surface area contributed by atoms with Crippen LogP contribution in [0.4, 0.5) is 0 Å². The summed E-state index contributed by atoms with van der Waals surface area (Å²) < 4.78 is 0. The third-order valence-electron chi connectivity index (χ3n) is 2.46. The van der Waals surface area contributed by atoms with Crippen molar-refractivity contribution in [2.45, 2.75) is 11.2 Å². The lowest BCUT2D eigenvalue weighted by atomic mass is 10.1. The molecule has 0 fully saturated rings. The summed E-state index contributed by atoms with van der Waals surface area (Å²) >= 11 is 3.42. The Balaban J connectivity index is 2.38. The van der Waals surface area contributed by atoms with Crippen LogP contribution in [0.2, 0.25) is 0 Å². The smallest absolute Gasteiger partial charge is 0.308 e. The Kier molecular flexibility index (Phi) is 2.12. The molecule has 1 aromatic carbocycles. The fourth-order valence-corrected chi connectivity index (χ4v) is 2.62. The lowest BCUT2D eigenvalue weighted by Gasteiger charge is -2.07. The van der Waals surface area contributed by atoms with E-state index in [-0.39, 0.29) is 10.7 Å². The van der Waals surface area contributed by atoms with Gasteiger partial charge >= 0.3 is 5.97 Å². The summed E-state index contributed by atoms with van der Waals surface area (Å²) in [4.78, 5) is 10.8. The van der Waals surface area contributed by atoms with Crippen molar-refractivity contribution in [2.75, 3.05) is 0 Å². The van der Waals surface area contributed by atoms with Crippen LogP contribution in [-0.4, -0.2) is 11.1 Å². The molecule has 1 N–H and O–H groups in total. The highest BCUT2D eigenvalue weighted by molar-refractivity contribution is 9.09. The van der Waals surface area contributed by atoms with Gasteiger partial charge < -0.3 is 5.11 Å². The summed E-state index contributed by atoms with van der Waals surface area (Å²) in [6.07, 6.45) is 0.640. The molecule has 2 unspecified atom stereocenters. The van der Waals surface area contributed by atoms with Gasteiger partial charge in [0.15, 0.2) is 0 Å². The van der Waals surface area contributed by atoms with Gasteiger partial charge in [0, 0.05) is 0 Å². The van der Waals surface area contributed by atoms with Crippen molar-refractivity contribution in [2.24, 2.45) is 5.92 Å². The van der Waals surface area contributed by atoms with Gasteiger partial charge in [-0.1, -0.05) is 40.2 Å². The van der Waals surface area contributed by atoms with E-state index in [4.69, 9.17) is 5.11 Å². The first-order chi connectivity index (χ1) is 6.20. The van der Waals surface area contributed by atoms with E-state index in [1.807, 2.05) is 24.3 Å². The monoisotopic (exact) mass is 240 g/mol. The van der Waals surface area contributed by atoms with Crippen LogP contribution in [0.25, 0.3) is 0 Å². The van der Waals surface area contributed by atoms with Crippen LogP contribution in [0, 0.1) is 5.92 Å². The van der Waals surface area contributed by atoms with Gasteiger partial charge in [-0.25, -0.2) is 0 Å². The number of rotatable bonds is 1. The molecule has 13 heavy (non-hydrogen) atoms. The highest BCUT2D eigenvalue weighted by atomic mass is 79.9. The second-order valence-corrected chi connectivity index (χ2v) is 4.24. The van der Waals surface area contributed by atoms with Crippen molar-refractivity contribution in [1.82, 2.24) is 0 Å². The molecule has 2 nitrogen and oxygen atoms in total. The van der Waals surface area contributed by atoms with Gasteiger partial charge in [0.1, 0.15) is 0 Å². The van der Waals surface area contributed by atoms with E-state index in [0.29, 0.717) is 6.42 Å². The van der Waals surface area contributed by atoms with Gasteiger partial charge in [-0.15, -0.1) is 0 Å². The van der Waals surface area contributed by atoms with Crippen LogP contribution >= 0.6 is 15.9 Å². The van der Waals surface area contributed by atoms with Gasteiger partial charge in [0.2, 0.25) is 0 Å². The Morgan fingerprint density at radius 2 is 2.15 bits per heavy atom. The average Bonchev–Trinajstić information content (AvgIpc) is 2.45. The molecule has 0 aromatic heterocycles. The van der Waals surface area contributed by atoms with E-state index in [1.54, 1.807) is 0 Å². The predicted octanol–water partition coefficient (Wildman–Crippen LogP) is 2.38.